The maximum Gasteiger partial charge on any atom is 0.410 e. The molecule has 0 radical (unpaired) electrons. The number of rotatable bonds is 5. The van der Waals surface area contributed by atoms with E-state index in [0.717, 1.165) is 60.7 Å². The van der Waals surface area contributed by atoms with Crippen molar-refractivity contribution in [2.24, 2.45) is 0 Å². The molecule has 1 spiro atoms. The summed E-state index contributed by atoms with van der Waals surface area (Å²) < 4.78 is 11.4. The Kier molecular flexibility index (Phi) is 8.93. The fourth-order valence-corrected chi connectivity index (χ4v) is 9.34. The molecule has 4 heterocycles. The molecular weight excluding hydrogens is 665 g/mol. The highest BCUT2D eigenvalue weighted by Crippen LogP contribution is 2.55. The lowest BCUT2D eigenvalue weighted by molar-refractivity contribution is 0.0208. The van der Waals surface area contributed by atoms with Crippen molar-refractivity contribution in [1.82, 2.24) is 29.7 Å². The minimum Gasteiger partial charge on any atom is -0.444 e. The van der Waals surface area contributed by atoms with Gasteiger partial charge >= 0.3 is 12.2 Å². The molecule has 10 nitrogen and oxygen atoms in total. The molecule has 2 aliphatic heterocycles. The predicted octanol–water partition coefficient (Wildman–Crippen LogP) is 10.0. The highest BCUT2D eigenvalue weighted by molar-refractivity contribution is 5.80. The molecular formula is C43H54N6O4. The topological polar surface area (TPSA) is 116 Å². The first-order valence-electron chi connectivity index (χ1n) is 19.7. The lowest BCUT2D eigenvalue weighted by Gasteiger charge is -2.28. The summed E-state index contributed by atoms with van der Waals surface area (Å²) in [6.07, 6.45) is 14.2. The average Bonchev–Trinajstić information content (AvgIpc) is 3.95. The summed E-state index contributed by atoms with van der Waals surface area (Å²) in [5, 5.41) is 0. The van der Waals surface area contributed by atoms with Crippen LogP contribution in [0.15, 0.2) is 48.8 Å². The first-order valence-corrected chi connectivity index (χ1v) is 19.7. The Hall–Kier alpha value is -4.60. The Morgan fingerprint density at radius 2 is 1.19 bits per heavy atom. The zero-order valence-electron chi connectivity index (χ0n) is 32.2. The van der Waals surface area contributed by atoms with Crippen molar-refractivity contribution >= 4 is 12.2 Å². The van der Waals surface area contributed by atoms with Gasteiger partial charge in [-0.05, 0) is 121 Å². The van der Waals surface area contributed by atoms with Gasteiger partial charge in [0.2, 0.25) is 0 Å². The Morgan fingerprint density at radius 3 is 1.75 bits per heavy atom. The molecule has 53 heavy (non-hydrogen) atoms. The fraction of sp³-hybridized carbons (Fsp3) is 0.535. The SMILES string of the molecule is CC(C)(C)OC(=O)N1CCC[C@H]1c1nc(-c2ccc(-c3ccc(-c4c[nH]c([C@@H]5CCCN5C(=O)OC(C)(C)C)n4)c4c3C3(CCCC3)CC4)cc2)c[nH]1. The quantitative estimate of drug-likeness (QED) is 0.212. The van der Waals surface area contributed by atoms with Crippen LogP contribution >= 0.6 is 0 Å². The van der Waals surface area contributed by atoms with Crippen molar-refractivity contribution in [2.45, 2.75) is 134 Å². The number of nitrogens with one attached hydrogen (secondary N) is 2. The lowest BCUT2D eigenvalue weighted by Crippen LogP contribution is -2.36. The minimum atomic E-state index is -0.540. The number of imidazole rings is 2. The first-order chi connectivity index (χ1) is 25.3. The van der Waals surface area contributed by atoms with Gasteiger partial charge < -0.3 is 19.4 Å². The summed E-state index contributed by atoms with van der Waals surface area (Å²) >= 11 is 0. The number of benzene rings is 2. The van der Waals surface area contributed by atoms with Gasteiger partial charge in [-0.1, -0.05) is 49.2 Å². The molecule has 10 heteroatoms. The second-order valence-corrected chi connectivity index (χ2v) is 17.6. The number of nitrogens with zero attached hydrogens (tertiary/aromatic N) is 4. The number of likely N-dealkylation sites (tertiary alicyclic amines) is 2. The number of ether oxygens (including phenoxy) is 2. The predicted molar refractivity (Wildman–Crippen MR) is 205 cm³/mol. The zero-order valence-corrected chi connectivity index (χ0v) is 32.2. The Balaban J connectivity index is 1.06. The molecule has 8 rings (SSSR count). The van der Waals surface area contributed by atoms with E-state index >= 15 is 0 Å². The molecule has 2 amide bonds. The van der Waals surface area contributed by atoms with Crippen molar-refractivity contribution in [1.29, 1.82) is 0 Å². The van der Waals surface area contributed by atoms with Crippen molar-refractivity contribution in [2.75, 3.05) is 13.1 Å². The van der Waals surface area contributed by atoms with Gasteiger partial charge in [-0.3, -0.25) is 9.80 Å². The number of carbonyl (C=O) groups is 2. The van der Waals surface area contributed by atoms with Gasteiger partial charge in [-0.15, -0.1) is 0 Å². The van der Waals surface area contributed by atoms with E-state index in [9.17, 15) is 9.59 Å². The number of hydrogen-bond acceptors (Lipinski definition) is 6. The number of hydrogen-bond donors (Lipinski definition) is 2. The maximum absolute atomic E-state index is 13.1. The average molecular weight is 719 g/mol. The molecule has 4 aromatic rings. The second-order valence-electron chi connectivity index (χ2n) is 17.6. The second kappa shape index (κ2) is 13.4. The highest BCUT2D eigenvalue weighted by Gasteiger charge is 2.44. The summed E-state index contributed by atoms with van der Waals surface area (Å²) in [6, 6.07) is 13.2. The summed E-state index contributed by atoms with van der Waals surface area (Å²) in [7, 11) is 0. The lowest BCUT2D eigenvalue weighted by atomic mass is 9.76. The van der Waals surface area contributed by atoms with E-state index in [2.05, 4.69) is 46.4 Å². The van der Waals surface area contributed by atoms with E-state index in [1.54, 1.807) is 4.90 Å². The molecule has 2 N–H and O–H groups in total. The van der Waals surface area contributed by atoms with Crippen LogP contribution in [0.4, 0.5) is 9.59 Å². The molecule has 0 unspecified atom stereocenters. The van der Waals surface area contributed by atoms with Crippen LogP contribution in [0.25, 0.3) is 33.6 Å². The van der Waals surface area contributed by atoms with Crippen molar-refractivity contribution in [3.63, 3.8) is 0 Å². The first kappa shape index (κ1) is 35.4. The maximum atomic E-state index is 13.1. The number of carbonyl (C=O) groups excluding carboxylic acids is 2. The van der Waals surface area contributed by atoms with Crippen LogP contribution in [0.5, 0.6) is 0 Å². The number of aromatic amines is 2. The van der Waals surface area contributed by atoms with Crippen LogP contribution in [0, 0.1) is 0 Å². The third-order valence-electron chi connectivity index (χ3n) is 11.6. The van der Waals surface area contributed by atoms with Crippen molar-refractivity contribution < 1.29 is 19.1 Å². The fourth-order valence-electron chi connectivity index (χ4n) is 9.34. The smallest absolute Gasteiger partial charge is 0.410 e. The minimum absolute atomic E-state index is 0.113. The standard InChI is InChI=1S/C43H54N6O4/c1-41(2,3)52-39(50)48-23-9-11-34(48)37-44-25-32(46-37)28-15-13-27(14-16-28)29-17-18-30(31-19-22-43(36(29)31)20-7-8-21-43)33-26-45-38(47-33)35-12-10-24-49(35)40(51)53-42(4,5)6/h13-18,25-26,34-35H,7-12,19-24H2,1-6H3,(H,44,46)(H,45,47)/t34-,35-/m0/s1. The van der Waals surface area contributed by atoms with Crippen LogP contribution in [0.1, 0.15) is 134 Å². The summed E-state index contributed by atoms with van der Waals surface area (Å²) in [6.45, 7) is 12.8. The molecule has 2 saturated heterocycles. The molecule has 3 fully saturated rings. The zero-order chi connectivity index (χ0) is 37.1. The van der Waals surface area contributed by atoms with Gasteiger partial charge in [0.15, 0.2) is 0 Å². The molecule has 0 bridgehead atoms. The number of fused-ring (bicyclic) bond motifs is 2. The van der Waals surface area contributed by atoms with Crippen molar-refractivity contribution in [3.05, 3.63) is 71.6 Å². The molecule has 2 aromatic carbocycles. The molecule has 2 aromatic heterocycles. The van der Waals surface area contributed by atoms with E-state index in [0.29, 0.717) is 13.1 Å². The van der Waals surface area contributed by atoms with Gasteiger partial charge in [0.1, 0.15) is 22.9 Å². The Morgan fingerprint density at radius 1 is 0.679 bits per heavy atom. The largest absolute Gasteiger partial charge is 0.444 e. The third kappa shape index (κ3) is 6.85. The van der Waals surface area contributed by atoms with Gasteiger partial charge in [0, 0.05) is 36.6 Å². The molecule has 2 aliphatic carbocycles. The van der Waals surface area contributed by atoms with E-state index in [4.69, 9.17) is 19.4 Å². The monoisotopic (exact) mass is 718 g/mol. The van der Waals surface area contributed by atoms with E-state index < -0.39 is 11.2 Å². The normalized spacial score (nSPS) is 21.1. The van der Waals surface area contributed by atoms with Crippen molar-refractivity contribution in [3.8, 4) is 33.6 Å². The third-order valence-corrected chi connectivity index (χ3v) is 11.6. The number of aromatic nitrogens is 4. The van der Waals surface area contributed by atoms with E-state index in [-0.39, 0.29) is 29.7 Å². The molecule has 1 saturated carbocycles. The van der Waals surface area contributed by atoms with Crippen LogP contribution in [-0.2, 0) is 21.3 Å². The summed E-state index contributed by atoms with van der Waals surface area (Å²) in [5.74, 6) is 1.63. The van der Waals surface area contributed by atoms with Gasteiger partial charge in [0.05, 0.1) is 23.5 Å². The van der Waals surface area contributed by atoms with Crippen LogP contribution < -0.4 is 0 Å². The van der Waals surface area contributed by atoms with Crippen LogP contribution in [0.2, 0.25) is 0 Å². The molecule has 280 valence electrons. The molecule has 4 aliphatic rings. The van der Waals surface area contributed by atoms with Gasteiger partial charge in [-0.2, -0.15) is 0 Å². The number of amides is 2. The van der Waals surface area contributed by atoms with Crippen LogP contribution in [-0.4, -0.2) is 66.2 Å². The summed E-state index contributed by atoms with van der Waals surface area (Å²) in [5.41, 5.74) is 8.65. The van der Waals surface area contributed by atoms with Gasteiger partial charge in [0.25, 0.3) is 0 Å². The Bertz CT molecular complexity index is 1990. The van der Waals surface area contributed by atoms with E-state index in [1.165, 1.54) is 59.9 Å². The van der Waals surface area contributed by atoms with E-state index in [1.807, 2.05) is 58.8 Å². The highest BCUT2D eigenvalue weighted by atomic mass is 16.6. The van der Waals surface area contributed by atoms with Gasteiger partial charge in [-0.25, -0.2) is 19.6 Å². The Labute approximate surface area is 313 Å². The number of H-pyrrole nitrogens is 2. The summed E-state index contributed by atoms with van der Waals surface area (Å²) in [4.78, 5) is 46.6. The molecule has 2 atom stereocenters. The van der Waals surface area contributed by atoms with Crippen LogP contribution in [0.3, 0.4) is 0 Å².